The predicted octanol–water partition coefficient (Wildman–Crippen LogP) is 2.08. The first-order chi connectivity index (χ1) is 8.80. The number of rotatable bonds is 7. The first-order valence-electron chi connectivity index (χ1n) is 6.54. The van der Waals surface area contributed by atoms with E-state index < -0.39 is 15.6 Å². The molecule has 0 fully saturated rings. The van der Waals surface area contributed by atoms with E-state index in [1.165, 1.54) is 0 Å². The first-order valence-corrected chi connectivity index (χ1v) is 8.03. The highest BCUT2D eigenvalue weighted by molar-refractivity contribution is 7.89. The lowest BCUT2D eigenvalue weighted by Crippen LogP contribution is -2.43. The van der Waals surface area contributed by atoms with Gasteiger partial charge in [0.1, 0.15) is 0 Å². The van der Waals surface area contributed by atoms with E-state index in [0.29, 0.717) is 6.42 Å². The van der Waals surface area contributed by atoms with Crippen LogP contribution in [0.5, 0.6) is 0 Å². The minimum atomic E-state index is -3.48. The Labute approximate surface area is 115 Å². The Morgan fingerprint density at radius 1 is 1.21 bits per heavy atom. The average Bonchev–Trinajstić information content (AvgIpc) is 2.28. The van der Waals surface area contributed by atoms with E-state index in [1.807, 2.05) is 20.8 Å². The third-order valence-corrected chi connectivity index (χ3v) is 4.63. The lowest BCUT2D eigenvalue weighted by molar-refractivity contribution is 0.299. The third kappa shape index (κ3) is 4.93. The van der Waals surface area contributed by atoms with Crippen LogP contribution in [0.25, 0.3) is 0 Å². The van der Waals surface area contributed by atoms with Gasteiger partial charge in [-0.25, -0.2) is 13.1 Å². The molecule has 0 aromatic heterocycles. The van der Waals surface area contributed by atoms with Crippen LogP contribution in [-0.4, -0.2) is 25.7 Å². The molecule has 0 amide bonds. The van der Waals surface area contributed by atoms with Crippen molar-refractivity contribution >= 4 is 10.0 Å². The van der Waals surface area contributed by atoms with Gasteiger partial charge >= 0.3 is 0 Å². The van der Waals surface area contributed by atoms with E-state index >= 15 is 0 Å². The first kappa shape index (κ1) is 16.1. The molecule has 0 aliphatic rings. The Bertz CT molecular complexity index is 492. The zero-order valence-electron chi connectivity index (χ0n) is 11.8. The SMILES string of the molecule is CCCC(C)(C)NS(=O)(=O)c1ccc(CCO)cc1. The van der Waals surface area contributed by atoms with Gasteiger partial charge in [-0.1, -0.05) is 25.5 Å². The molecule has 0 atom stereocenters. The van der Waals surface area contributed by atoms with Crippen molar-refractivity contribution in [2.24, 2.45) is 0 Å². The Morgan fingerprint density at radius 2 is 1.79 bits per heavy atom. The molecule has 1 aromatic carbocycles. The Balaban J connectivity index is 2.88. The molecule has 0 bridgehead atoms. The minimum absolute atomic E-state index is 0.0634. The van der Waals surface area contributed by atoms with Crippen LogP contribution in [0.4, 0.5) is 0 Å². The van der Waals surface area contributed by atoms with Crippen molar-refractivity contribution in [3.63, 3.8) is 0 Å². The summed E-state index contributed by atoms with van der Waals surface area (Å²) >= 11 is 0. The summed E-state index contributed by atoms with van der Waals surface area (Å²) in [6.45, 7) is 5.86. The van der Waals surface area contributed by atoms with Gasteiger partial charge < -0.3 is 5.11 Å². The van der Waals surface area contributed by atoms with Crippen molar-refractivity contribution in [1.82, 2.24) is 4.72 Å². The molecule has 0 heterocycles. The number of aliphatic hydroxyl groups is 1. The van der Waals surface area contributed by atoms with Gasteiger partial charge in [-0.15, -0.1) is 0 Å². The van der Waals surface area contributed by atoms with Gasteiger partial charge in [-0.2, -0.15) is 0 Å². The molecule has 4 nitrogen and oxygen atoms in total. The van der Waals surface area contributed by atoms with Crippen molar-refractivity contribution in [3.05, 3.63) is 29.8 Å². The van der Waals surface area contributed by atoms with E-state index in [0.717, 1.165) is 18.4 Å². The summed E-state index contributed by atoms with van der Waals surface area (Å²) in [5.41, 5.74) is 0.478. The van der Waals surface area contributed by atoms with Crippen molar-refractivity contribution < 1.29 is 13.5 Å². The highest BCUT2D eigenvalue weighted by atomic mass is 32.2. The van der Waals surface area contributed by atoms with Gasteiger partial charge in [0.2, 0.25) is 10.0 Å². The second kappa shape index (κ2) is 6.50. The van der Waals surface area contributed by atoms with Crippen LogP contribution in [0.15, 0.2) is 29.2 Å². The monoisotopic (exact) mass is 285 g/mol. The largest absolute Gasteiger partial charge is 0.396 e. The molecule has 0 saturated heterocycles. The summed E-state index contributed by atoms with van der Waals surface area (Å²) in [5, 5.41) is 8.83. The van der Waals surface area contributed by atoms with Gasteiger partial charge in [-0.3, -0.25) is 0 Å². The van der Waals surface area contributed by atoms with Crippen molar-refractivity contribution in [2.45, 2.75) is 50.5 Å². The molecule has 5 heteroatoms. The summed E-state index contributed by atoms with van der Waals surface area (Å²) in [6.07, 6.45) is 2.24. The van der Waals surface area contributed by atoms with Crippen LogP contribution in [-0.2, 0) is 16.4 Å². The lowest BCUT2D eigenvalue weighted by atomic mass is 10.0. The van der Waals surface area contributed by atoms with E-state index in [-0.39, 0.29) is 11.5 Å². The van der Waals surface area contributed by atoms with Crippen molar-refractivity contribution in [3.8, 4) is 0 Å². The van der Waals surface area contributed by atoms with Crippen LogP contribution in [0.1, 0.15) is 39.2 Å². The molecule has 0 aliphatic carbocycles. The van der Waals surface area contributed by atoms with Gasteiger partial charge in [-0.05, 0) is 44.4 Å². The van der Waals surface area contributed by atoms with Crippen molar-refractivity contribution in [1.29, 1.82) is 0 Å². The molecular weight excluding hydrogens is 262 g/mol. The highest BCUT2D eigenvalue weighted by Gasteiger charge is 2.25. The summed E-state index contributed by atoms with van der Waals surface area (Å²) in [4.78, 5) is 0.262. The summed E-state index contributed by atoms with van der Waals surface area (Å²) in [5.74, 6) is 0. The van der Waals surface area contributed by atoms with E-state index in [9.17, 15) is 8.42 Å². The number of hydrogen-bond acceptors (Lipinski definition) is 3. The minimum Gasteiger partial charge on any atom is -0.396 e. The van der Waals surface area contributed by atoms with Gasteiger partial charge in [0.25, 0.3) is 0 Å². The number of benzene rings is 1. The molecule has 108 valence electrons. The fourth-order valence-electron chi connectivity index (χ4n) is 2.06. The Hall–Kier alpha value is -0.910. The number of sulfonamides is 1. The molecule has 0 radical (unpaired) electrons. The van der Waals surface area contributed by atoms with Crippen LogP contribution >= 0.6 is 0 Å². The zero-order valence-corrected chi connectivity index (χ0v) is 12.6. The van der Waals surface area contributed by atoms with Crippen LogP contribution in [0.2, 0.25) is 0 Å². The molecule has 0 spiro atoms. The van der Waals surface area contributed by atoms with E-state index in [1.54, 1.807) is 24.3 Å². The number of hydrogen-bond donors (Lipinski definition) is 2. The van der Waals surface area contributed by atoms with Crippen LogP contribution in [0.3, 0.4) is 0 Å². The van der Waals surface area contributed by atoms with Gasteiger partial charge in [0, 0.05) is 12.1 Å². The standard InChI is InChI=1S/C14H23NO3S/c1-4-10-14(2,3)15-19(17,18)13-7-5-12(6-8-13)9-11-16/h5-8,15-16H,4,9-11H2,1-3H3. The Kier molecular flexibility index (Phi) is 5.52. The molecule has 2 N–H and O–H groups in total. The molecule has 1 aromatic rings. The second-order valence-electron chi connectivity index (χ2n) is 5.36. The Morgan fingerprint density at radius 3 is 2.26 bits per heavy atom. The summed E-state index contributed by atoms with van der Waals surface area (Å²) in [6, 6.07) is 6.62. The maximum Gasteiger partial charge on any atom is 0.241 e. The van der Waals surface area contributed by atoms with Gasteiger partial charge in [0.05, 0.1) is 4.90 Å². The summed E-state index contributed by atoms with van der Waals surface area (Å²) < 4.78 is 27.2. The maximum absolute atomic E-state index is 12.2. The molecule has 0 saturated carbocycles. The van der Waals surface area contributed by atoms with Crippen molar-refractivity contribution in [2.75, 3.05) is 6.61 Å². The zero-order chi connectivity index (χ0) is 14.5. The maximum atomic E-state index is 12.2. The van der Waals surface area contributed by atoms with Crippen LogP contribution in [0, 0.1) is 0 Å². The third-order valence-electron chi connectivity index (χ3n) is 2.92. The molecule has 0 unspecified atom stereocenters. The summed E-state index contributed by atoms with van der Waals surface area (Å²) in [7, 11) is -3.48. The highest BCUT2D eigenvalue weighted by Crippen LogP contribution is 2.17. The lowest BCUT2D eigenvalue weighted by Gasteiger charge is -2.25. The van der Waals surface area contributed by atoms with E-state index in [2.05, 4.69) is 4.72 Å². The normalized spacial score (nSPS) is 12.6. The quantitative estimate of drug-likeness (QED) is 0.806. The molecule has 0 aliphatic heterocycles. The molecule has 19 heavy (non-hydrogen) atoms. The fraction of sp³-hybridized carbons (Fsp3) is 0.571. The van der Waals surface area contributed by atoms with Crippen LogP contribution < -0.4 is 4.72 Å². The topological polar surface area (TPSA) is 66.4 Å². The molecule has 1 rings (SSSR count). The van der Waals surface area contributed by atoms with Gasteiger partial charge in [0.15, 0.2) is 0 Å². The smallest absolute Gasteiger partial charge is 0.241 e. The number of aliphatic hydroxyl groups excluding tert-OH is 1. The predicted molar refractivity (Wildman–Crippen MR) is 76.5 cm³/mol. The number of nitrogens with one attached hydrogen (secondary N) is 1. The molecular formula is C14H23NO3S. The average molecular weight is 285 g/mol. The fourth-order valence-corrected chi connectivity index (χ4v) is 3.50. The van der Waals surface area contributed by atoms with E-state index in [4.69, 9.17) is 5.11 Å². The second-order valence-corrected chi connectivity index (χ2v) is 7.04.